The van der Waals surface area contributed by atoms with Crippen molar-refractivity contribution >= 4 is 16.8 Å². The summed E-state index contributed by atoms with van der Waals surface area (Å²) in [6.45, 7) is 8.31. The molecule has 1 aliphatic carbocycles. The van der Waals surface area contributed by atoms with Gasteiger partial charge in [-0.15, -0.1) is 18.3 Å². The van der Waals surface area contributed by atoms with Crippen LogP contribution in [0.4, 0.5) is 0 Å². The summed E-state index contributed by atoms with van der Waals surface area (Å²) in [4.78, 5) is 4.86. The molecule has 0 amide bonds. The van der Waals surface area contributed by atoms with Crippen LogP contribution in [0.1, 0.15) is 52.4 Å². The van der Waals surface area contributed by atoms with Gasteiger partial charge in [0.2, 0.25) is 0 Å². The maximum Gasteiger partial charge on any atom is 0.0783 e. The summed E-state index contributed by atoms with van der Waals surface area (Å²) in [5, 5.41) is 1.41. The Hall–Kier alpha value is -1.06. The summed E-state index contributed by atoms with van der Waals surface area (Å²) >= 11 is 1.97. The monoisotopic (exact) mass is 373 g/mol. The zero-order valence-electron chi connectivity index (χ0n) is 16.7. The molecule has 144 valence electrons. The van der Waals surface area contributed by atoms with Crippen LogP contribution in [0.2, 0.25) is 0 Å². The van der Waals surface area contributed by atoms with Gasteiger partial charge in [0.15, 0.2) is 0 Å². The highest BCUT2D eigenvalue weighted by Gasteiger charge is 2.39. The van der Waals surface area contributed by atoms with E-state index in [1.807, 2.05) is 17.8 Å². The Kier molecular flexibility index (Phi) is 9.49. The third-order valence-electron chi connectivity index (χ3n) is 5.12. The summed E-state index contributed by atoms with van der Waals surface area (Å²) in [5.41, 5.74) is 1.40. The molecule has 1 heterocycles. The molecule has 1 saturated carbocycles. The predicted molar refractivity (Wildman–Crippen MR) is 117 cm³/mol. The van der Waals surface area contributed by atoms with E-state index in [1.54, 1.807) is 7.11 Å². The van der Waals surface area contributed by atoms with Crippen molar-refractivity contribution in [3.63, 3.8) is 0 Å². The Morgan fingerprint density at radius 2 is 2.15 bits per heavy atom. The minimum atomic E-state index is 0.296. The molecular formula is C23H35NOS. The average Bonchev–Trinajstić information content (AvgIpc) is 3.18. The van der Waals surface area contributed by atoms with E-state index in [0.717, 1.165) is 49.7 Å². The molecule has 0 radical (unpaired) electrons. The number of thioether (sulfide) groups is 1. The Labute approximate surface area is 164 Å². The molecule has 0 aromatic heterocycles. The molecule has 2 unspecified atom stereocenters. The molecule has 2 aliphatic rings. The smallest absolute Gasteiger partial charge is 0.0783 e. The SMILES string of the molecule is C=CCC(CCC(C)=CC=CCCC=CC1CSC([C@@H]2C[C@@H]2C)=N1)OC. The first kappa shape index (κ1) is 21.2. The molecule has 2 rings (SSSR count). The van der Waals surface area contributed by atoms with Crippen molar-refractivity contribution in [2.24, 2.45) is 16.8 Å². The first-order valence-corrected chi connectivity index (χ1v) is 11.0. The van der Waals surface area contributed by atoms with Gasteiger partial charge in [-0.3, -0.25) is 4.99 Å². The Bertz CT molecular complexity index is 561. The molecule has 0 saturated heterocycles. The van der Waals surface area contributed by atoms with Gasteiger partial charge in [-0.1, -0.05) is 49.0 Å². The van der Waals surface area contributed by atoms with E-state index in [0.29, 0.717) is 12.1 Å². The standard InChI is InChI=1S/C23H35NOS/c1-5-11-21(25-4)15-14-18(2)12-9-7-6-8-10-13-20-17-26-23(24-20)22-16-19(22)3/h5,7,9-10,12-13,19-22H,1,6,8,11,14-17H2,2-4H3/t19-,20?,21?,22+/m0/s1. The largest absolute Gasteiger partial charge is 0.381 e. The van der Waals surface area contributed by atoms with Gasteiger partial charge >= 0.3 is 0 Å². The van der Waals surface area contributed by atoms with Crippen LogP contribution in [-0.4, -0.2) is 30.1 Å². The van der Waals surface area contributed by atoms with Gasteiger partial charge in [0, 0.05) is 18.8 Å². The molecule has 0 aromatic rings. The first-order valence-electron chi connectivity index (χ1n) is 9.97. The molecule has 0 spiro atoms. The topological polar surface area (TPSA) is 21.6 Å². The number of hydrogen-bond donors (Lipinski definition) is 0. The zero-order chi connectivity index (χ0) is 18.8. The lowest BCUT2D eigenvalue weighted by Gasteiger charge is -2.12. The lowest BCUT2D eigenvalue weighted by molar-refractivity contribution is 0.0981. The van der Waals surface area contributed by atoms with Crippen molar-refractivity contribution in [2.45, 2.75) is 64.5 Å². The highest BCUT2D eigenvalue weighted by molar-refractivity contribution is 8.14. The van der Waals surface area contributed by atoms with Crippen molar-refractivity contribution in [1.29, 1.82) is 0 Å². The van der Waals surface area contributed by atoms with Gasteiger partial charge in [-0.05, 0) is 51.4 Å². The summed E-state index contributed by atoms with van der Waals surface area (Å²) < 4.78 is 5.45. The number of methoxy groups -OCH3 is 1. The van der Waals surface area contributed by atoms with E-state index in [-0.39, 0.29) is 0 Å². The van der Waals surface area contributed by atoms with Crippen LogP contribution < -0.4 is 0 Å². The number of nitrogens with zero attached hydrogens (tertiary/aromatic N) is 1. The fraction of sp³-hybridized carbons (Fsp3) is 0.609. The second-order valence-corrected chi connectivity index (χ2v) is 8.57. The normalized spacial score (nSPS) is 27.3. The molecule has 3 heteroatoms. The van der Waals surface area contributed by atoms with Crippen molar-refractivity contribution < 1.29 is 4.74 Å². The Morgan fingerprint density at radius 3 is 2.85 bits per heavy atom. The fourth-order valence-electron chi connectivity index (χ4n) is 3.14. The second-order valence-electron chi connectivity index (χ2n) is 7.53. The summed E-state index contributed by atoms with van der Waals surface area (Å²) in [5.74, 6) is 2.79. The molecule has 2 nitrogen and oxygen atoms in total. The van der Waals surface area contributed by atoms with Crippen molar-refractivity contribution in [1.82, 2.24) is 0 Å². The molecule has 1 aliphatic heterocycles. The average molecular weight is 374 g/mol. The van der Waals surface area contributed by atoms with Gasteiger partial charge in [0.05, 0.1) is 17.2 Å². The van der Waals surface area contributed by atoms with Crippen LogP contribution in [0.15, 0.2) is 53.6 Å². The Balaban J connectivity index is 1.58. The highest BCUT2D eigenvalue weighted by Crippen LogP contribution is 2.44. The van der Waals surface area contributed by atoms with E-state index < -0.39 is 0 Å². The summed E-state index contributed by atoms with van der Waals surface area (Å²) in [6, 6.07) is 0.415. The predicted octanol–water partition coefficient (Wildman–Crippen LogP) is 6.37. The lowest BCUT2D eigenvalue weighted by atomic mass is 10.1. The maximum atomic E-state index is 5.45. The van der Waals surface area contributed by atoms with Crippen LogP contribution in [0.25, 0.3) is 0 Å². The van der Waals surface area contributed by atoms with Gasteiger partial charge in [-0.25, -0.2) is 0 Å². The number of rotatable bonds is 12. The van der Waals surface area contributed by atoms with Gasteiger partial charge in [0.25, 0.3) is 0 Å². The van der Waals surface area contributed by atoms with Crippen LogP contribution in [0.3, 0.4) is 0 Å². The molecule has 26 heavy (non-hydrogen) atoms. The molecule has 0 N–H and O–H groups in total. The van der Waals surface area contributed by atoms with Crippen molar-refractivity contribution in [3.05, 3.63) is 48.6 Å². The van der Waals surface area contributed by atoms with Crippen LogP contribution >= 0.6 is 11.8 Å². The van der Waals surface area contributed by atoms with E-state index >= 15 is 0 Å². The molecular weight excluding hydrogens is 338 g/mol. The quantitative estimate of drug-likeness (QED) is 0.225. The molecule has 4 atom stereocenters. The van der Waals surface area contributed by atoms with Gasteiger partial charge in [0.1, 0.15) is 0 Å². The van der Waals surface area contributed by atoms with Gasteiger partial charge < -0.3 is 4.74 Å². The highest BCUT2D eigenvalue weighted by atomic mass is 32.2. The molecule has 1 fully saturated rings. The summed E-state index contributed by atoms with van der Waals surface area (Å²) in [6.07, 6.45) is 20.1. The minimum absolute atomic E-state index is 0.296. The number of allylic oxidation sites excluding steroid dienone is 5. The van der Waals surface area contributed by atoms with Crippen LogP contribution in [0.5, 0.6) is 0 Å². The van der Waals surface area contributed by atoms with Crippen molar-refractivity contribution in [3.8, 4) is 0 Å². The first-order chi connectivity index (χ1) is 12.6. The fourth-order valence-corrected chi connectivity index (χ4v) is 4.42. The van der Waals surface area contributed by atoms with Crippen LogP contribution in [0, 0.1) is 11.8 Å². The van der Waals surface area contributed by atoms with E-state index in [9.17, 15) is 0 Å². The lowest BCUT2D eigenvalue weighted by Crippen LogP contribution is -2.08. The molecule has 0 aromatic carbocycles. The number of aliphatic imine (C=N–C) groups is 1. The minimum Gasteiger partial charge on any atom is -0.381 e. The van der Waals surface area contributed by atoms with E-state index in [1.165, 1.54) is 17.0 Å². The number of hydrogen-bond acceptors (Lipinski definition) is 3. The van der Waals surface area contributed by atoms with E-state index in [2.05, 4.69) is 50.8 Å². The van der Waals surface area contributed by atoms with Crippen LogP contribution in [-0.2, 0) is 4.74 Å². The van der Waals surface area contributed by atoms with Crippen molar-refractivity contribution in [2.75, 3.05) is 12.9 Å². The zero-order valence-corrected chi connectivity index (χ0v) is 17.5. The maximum absolute atomic E-state index is 5.45. The summed E-state index contributed by atoms with van der Waals surface area (Å²) in [7, 11) is 1.78. The van der Waals surface area contributed by atoms with Gasteiger partial charge in [-0.2, -0.15) is 0 Å². The number of ether oxygens (including phenoxy) is 1. The van der Waals surface area contributed by atoms with E-state index in [4.69, 9.17) is 9.73 Å². The Morgan fingerprint density at radius 1 is 1.38 bits per heavy atom. The number of unbranched alkanes of at least 4 members (excludes halogenated alkanes) is 1. The second kappa shape index (κ2) is 11.6. The third-order valence-corrected chi connectivity index (χ3v) is 6.33. The molecule has 0 bridgehead atoms. The third kappa shape index (κ3) is 7.67.